The number of nitrogens with zero attached hydrogens (tertiary/aromatic N) is 2. The van der Waals surface area contributed by atoms with Gasteiger partial charge in [-0.1, -0.05) is 48.2 Å². The minimum absolute atomic E-state index is 0.0722. The van der Waals surface area contributed by atoms with Crippen LogP contribution in [-0.2, 0) is 11.3 Å². The van der Waals surface area contributed by atoms with Crippen molar-refractivity contribution < 1.29 is 19.0 Å². The number of amides is 1. The summed E-state index contributed by atoms with van der Waals surface area (Å²) in [5.74, 6) is 2.55. The fourth-order valence-corrected chi connectivity index (χ4v) is 4.64. The van der Waals surface area contributed by atoms with Crippen molar-refractivity contribution in [2.45, 2.75) is 23.4 Å². The maximum absolute atomic E-state index is 12.9. The Kier molecular flexibility index (Phi) is 8.46. The van der Waals surface area contributed by atoms with Crippen LogP contribution in [0.15, 0.2) is 78.0 Å². The van der Waals surface area contributed by atoms with Crippen molar-refractivity contribution in [3.8, 4) is 28.6 Å². The first kappa shape index (κ1) is 25.1. The molecular weight excluding hydrogens is 476 g/mol. The van der Waals surface area contributed by atoms with Crippen LogP contribution in [0.5, 0.6) is 17.2 Å². The molecule has 9 heteroatoms. The fraction of sp³-hybridized carbons (Fsp3) is 0.222. The van der Waals surface area contributed by atoms with Crippen LogP contribution in [0.4, 0.5) is 0 Å². The van der Waals surface area contributed by atoms with Gasteiger partial charge >= 0.3 is 0 Å². The van der Waals surface area contributed by atoms with E-state index in [9.17, 15) is 4.79 Å². The first-order chi connectivity index (χ1) is 17.6. The second-order valence-corrected chi connectivity index (χ2v) is 9.05. The number of aromatic nitrogens is 3. The average molecular weight is 505 g/mol. The standard InChI is InChI=1S/C27H28N4O4S/c1-33-21-12-9-19(10-13-21)26-29-27(31-30-26)36-24(20-11-14-22(34-2)23(15-20)35-3)16-25(32)28-17-18-7-5-4-6-8-18/h4-15,24H,16-17H2,1-3H3,(H,28,32)(H,29,30,31)/t24-/m1/s1. The summed E-state index contributed by atoms with van der Waals surface area (Å²) in [6.45, 7) is 0.464. The molecule has 0 bridgehead atoms. The monoisotopic (exact) mass is 504 g/mol. The lowest BCUT2D eigenvalue weighted by atomic mass is 10.1. The summed E-state index contributed by atoms with van der Waals surface area (Å²) in [5.41, 5.74) is 2.83. The number of benzene rings is 3. The molecule has 1 amide bonds. The highest BCUT2D eigenvalue weighted by Crippen LogP contribution is 2.40. The number of hydrogen-bond donors (Lipinski definition) is 2. The van der Waals surface area contributed by atoms with Crippen LogP contribution in [-0.4, -0.2) is 42.4 Å². The van der Waals surface area contributed by atoms with Gasteiger partial charge in [0.05, 0.1) is 21.3 Å². The van der Waals surface area contributed by atoms with Gasteiger partial charge in [-0.15, -0.1) is 5.10 Å². The predicted octanol–water partition coefficient (Wildman–Crippen LogP) is 5.04. The third-order valence-electron chi connectivity index (χ3n) is 5.56. The lowest BCUT2D eigenvalue weighted by Gasteiger charge is -2.17. The summed E-state index contributed by atoms with van der Waals surface area (Å²) >= 11 is 1.41. The van der Waals surface area contributed by atoms with Crippen LogP contribution in [0.3, 0.4) is 0 Å². The van der Waals surface area contributed by atoms with Crippen molar-refractivity contribution in [2.75, 3.05) is 21.3 Å². The van der Waals surface area contributed by atoms with Gasteiger partial charge in [-0.05, 0) is 47.5 Å². The maximum Gasteiger partial charge on any atom is 0.221 e. The van der Waals surface area contributed by atoms with E-state index in [1.807, 2.05) is 72.8 Å². The predicted molar refractivity (Wildman–Crippen MR) is 139 cm³/mol. The van der Waals surface area contributed by atoms with Crippen LogP contribution in [0.1, 0.15) is 22.8 Å². The molecule has 0 saturated heterocycles. The zero-order valence-corrected chi connectivity index (χ0v) is 21.2. The van der Waals surface area contributed by atoms with Gasteiger partial charge < -0.3 is 19.5 Å². The minimum Gasteiger partial charge on any atom is -0.497 e. The first-order valence-corrected chi connectivity index (χ1v) is 12.2. The highest BCUT2D eigenvalue weighted by molar-refractivity contribution is 7.99. The SMILES string of the molecule is COc1ccc(-c2nc(S[C@H](CC(=O)NCc3ccccc3)c3ccc(OC)c(OC)c3)n[nH]2)cc1. The van der Waals surface area contributed by atoms with E-state index >= 15 is 0 Å². The van der Waals surface area contributed by atoms with E-state index in [1.54, 1.807) is 21.3 Å². The number of carbonyl (C=O) groups excluding carboxylic acids is 1. The van der Waals surface area contributed by atoms with E-state index in [2.05, 4.69) is 20.5 Å². The molecular formula is C27H28N4O4S. The van der Waals surface area contributed by atoms with E-state index in [4.69, 9.17) is 14.2 Å². The molecule has 4 rings (SSSR count). The number of methoxy groups -OCH3 is 3. The van der Waals surface area contributed by atoms with Crippen molar-refractivity contribution >= 4 is 17.7 Å². The number of H-pyrrole nitrogens is 1. The maximum atomic E-state index is 12.9. The first-order valence-electron chi connectivity index (χ1n) is 11.4. The molecule has 0 aliphatic heterocycles. The van der Waals surface area contributed by atoms with Gasteiger partial charge in [0.2, 0.25) is 11.1 Å². The number of carbonyl (C=O) groups is 1. The smallest absolute Gasteiger partial charge is 0.221 e. The molecule has 3 aromatic carbocycles. The van der Waals surface area contributed by atoms with E-state index in [1.165, 1.54) is 11.8 Å². The molecule has 1 heterocycles. The van der Waals surface area contributed by atoms with Crippen molar-refractivity contribution in [1.82, 2.24) is 20.5 Å². The average Bonchev–Trinajstić information content (AvgIpc) is 3.40. The summed E-state index contributed by atoms with van der Waals surface area (Å²) in [4.78, 5) is 17.6. The number of thioether (sulfide) groups is 1. The molecule has 0 spiro atoms. The Balaban J connectivity index is 1.53. The summed E-state index contributed by atoms with van der Waals surface area (Å²) in [5, 5.41) is 10.7. The molecule has 8 nitrogen and oxygen atoms in total. The number of aromatic amines is 1. The Bertz CT molecular complexity index is 1280. The Morgan fingerprint density at radius 1 is 0.944 bits per heavy atom. The highest BCUT2D eigenvalue weighted by atomic mass is 32.2. The topological polar surface area (TPSA) is 98.4 Å². The van der Waals surface area contributed by atoms with Crippen molar-refractivity contribution in [3.05, 3.63) is 83.9 Å². The highest BCUT2D eigenvalue weighted by Gasteiger charge is 2.22. The Labute approximate surface area is 214 Å². The van der Waals surface area contributed by atoms with E-state index in [0.29, 0.717) is 29.0 Å². The molecule has 1 aromatic heterocycles. The summed E-state index contributed by atoms with van der Waals surface area (Å²) in [6.07, 6.45) is 0.236. The Morgan fingerprint density at radius 2 is 1.69 bits per heavy atom. The molecule has 2 N–H and O–H groups in total. The molecule has 0 aliphatic carbocycles. The van der Waals surface area contributed by atoms with Gasteiger partial charge in [-0.3, -0.25) is 9.89 Å². The lowest BCUT2D eigenvalue weighted by molar-refractivity contribution is -0.121. The Hall–Kier alpha value is -3.98. The zero-order valence-electron chi connectivity index (χ0n) is 20.4. The van der Waals surface area contributed by atoms with Crippen molar-refractivity contribution in [3.63, 3.8) is 0 Å². The third kappa shape index (κ3) is 6.37. The fourth-order valence-electron chi connectivity index (χ4n) is 3.62. The molecule has 36 heavy (non-hydrogen) atoms. The molecule has 186 valence electrons. The summed E-state index contributed by atoms with van der Waals surface area (Å²) in [6, 6.07) is 23.0. The third-order valence-corrected chi connectivity index (χ3v) is 6.68. The second-order valence-electron chi connectivity index (χ2n) is 7.88. The Morgan fingerprint density at radius 3 is 2.39 bits per heavy atom. The van der Waals surface area contributed by atoms with Crippen LogP contribution < -0.4 is 19.5 Å². The van der Waals surface area contributed by atoms with Crippen molar-refractivity contribution in [1.29, 1.82) is 0 Å². The molecule has 0 aliphatic rings. The van der Waals surface area contributed by atoms with Gasteiger partial charge in [0.25, 0.3) is 0 Å². The van der Waals surface area contributed by atoms with Gasteiger partial charge in [0.15, 0.2) is 17.3 Å². The minimum atomic E-state index is -0.250. The van der Waals surface area contributed by atoms with Gasteiger partial charge in [-0.2, -0.15) is 0 Å². The van der Waals surface area contributed by atoms with E-state index < -0.39 is 0 Å². The largest absolute Gasteiger partial charge is 0.497 e. The molecule has 1 atom stereocenters. The number of rotatable bonds is 11. The summed E-state index contributed by atoms with van der Waals surface area (Å²) in [7, 11) is 4.81. The normalized spacial score (nSPS) is 11.5. The lowest BCUT2D eigenvalue weighted by Crippen LogP contribution is -2.24. The quantitative estimate of drug-likeness (QED) is 0.276. The van der Waals surface area contributed by atoms with E-state index in [-0.39, 0.29) is 17.6 Å². The molecule has 0 unspecified atom stereocenters. The van der Waals surface area contributed by atoms with Crippen molar-refractivity contribution in [2.24, 2.45) is 0 Å². The van der Waals surface area contributed by atoms with Crippen LogP contribution in [0.2, 0.25) is 0 Å². The molecule has 0 saturated carbocycles. The van der Waals surface area contributed by atoms with Gasteiger partial charge in [0.1, 0.15) is 5.75 Å². The van der Waals surface area contributed by atoms with Crippen LogP contribution in [0.25, 0.3) is 11.4 Å². The molecule has 0 radical (unpaired) electrons. The van der Waals surface area contributed by atoms with Gasteiger partial charge in [-0.25, -0.2) is 4.98 Å². The summed E-state index contributed by atoms with van der Waals surface area (Å²) < 4.78 is 16.1. The second kappa shape index (κ2) is 12.1. The number of nitrogens with one attached hydrogen (secondary N) is 2. The molecule has 4 aromatic rings. The number of ether oxygens (including phenoxy) is 3. The zero-order chi connectivity index (χ0) is 25.3. The van der Waals surface area contributed by atoms with Gasteiger partial charge in [0, 0.05) is 23.8 Å². The number of hydrogen-bond acceptors (Lipinski definition) is 7. The van der Waals surface area contributed by atoms with Crippen LogP contribution in [0, 0.1) is 0 Å². The van der Waals surface area contributed by atoms with Crippen LogP contribution >= 0.6 is 11.8 Å². The van der Waals surface area contributed by atoms with E-state index in [0.717, 1.165) is 22.4 Å². The molecule has 0 fully saturated rings.